The molecular weight excluding hydrogens is 600 g/mol. The summed E-state index contributed by atoms with van der Waals surface area (Å²) in [6, 6.07) is 10.5. The zero-order valence-electron chi connectivity index (χ0n) is 26.8. The first kappa shape index (κ1) is 33.3. The van der Waals surface area contributed by atoms with Crippen LogP contribution in [0.4, 0.5) is 0 Å². The number of H-pyrrole nitrogens is 1. The number of rotatable bonds is 12. The molecule has 47 heavy (non-hydrogen) atoms. The summed E-state index contributed by atoms with van der Waals surface area (Å²) in [5.74, 6) is -2.31. The summed E-state index contributed by atoms with van der Waals surface area (Å²) in [4.78, 5) is 58.3. The molecular formula is C35H42N6O6. The molecule has 0 aliphatic carbocycles. The predicted octanol–water partition coefficient (Wildman–Crippen LogP) is 2.65. The van der Waals surface area contributed by atoms with Crippen LogP contribution in [0.25, 0.3) is 10.9 Å². The lowest BCUT2D eigenvalue weighted by atomic mass is 9.95. The van der Waals surface area contributed by atoms with Crippen LogP contribution in [0.2, 0.25) is 0 Å². The van der Waals surface area contributed by atoms with Gasteiger partial charge in [0.1, 0.15) is 23.6 Å². The lowest BCUT2D eigenvalue weighted by molar-refractivity contribution is -0.140. The number of primary amides is 1. The van der Waals surface area contributed by atoms with Crippen LogP contribution < -0.4 is 22.1 Å². The number of nitrogens with two attached hydrogens (primary N) is 2. The molecule has 0 radical (unpaired) electrons. The average molecular weight is 643 g/mol. The number of phenolic OH excluding ortho intramolecular Hbond substituents is 1. The third kappa shape index (κ3) is 7.33. The van der Waals surface area contributed by atoms with Crippen LogP contribution in [0.1, 0.15) is 53.8 Å². The number of carbonyl (C=O) groups excluding carboxylic acids is 4. The largest absolute Gasteiger partial charge is 0.508 e. The van der Waals surface area contributed by atoms with Gasteiger partial charge in [0, 0.05) is 30.1 Å². The number of hydrogen-bond acceptors (Lipinski definition) is 7. The fourth-order valence-electron chi connectivity index (χ4n) is 6.44. The maximum absolute atomic E-state index is 14.0. The highest BCUT2D eigenvalue weighted by atomic mass is 16.3. The Labute approximate surface area is 272 Å². The predicted molar refractivity (Wildman–Crippen MR) is 176 cm³/mol. The molecule has 1 fully saturated rings. The summed E-state index contributed by atoms with van der Waals surface area (Å²) in [5, 5.41) is 16.6. The van der Waals surface area contributed by atoms with Crippen LogP contribution in [0.5, 0.6) is 5.75 Å². The number of benzene rings is 2. The van der Waals surface area contributed by atoms with E-state index in [1.54, 1.807) is 37.4 Å². The van der Waals surface area contributed by atoms with Crippen molar-refractivity contribution in [2.75, 3.05) is 6.54 Å². The van der Waals surface area contributed by atoms with Gasteiger partial charge in [-0.15, -0.1) is 0 Å². The number of aryl methyl sites for hydroxylation is 2. The second-order valence-corrected chi connectivity index (χ2v) is 12.4. The van der Waals surface area contributed by atoms with Gasteiger partial charge in [0.15, 0.2) is 0 Å². The van der Waals surface area contributed by atoms with E-state index in [0.717, 1.165) is 33.2 Å². The van der Waals surface area contributed by atoms with Gasteiger partial charge in [0.2, 0.25) is 23.6 Å². The minimum absolute atomic E-state index is 0.136. The van der Waals surface area contributed by atoms with E-state index >= 15 is 0 Å². The third-order valence-electron chi connectivity index (χ3n) is 9.09. The maximum Gasteiger partial charge on any atom is 0.243 e. The molecule has 0 saturated carbocycles. The lowest BCUT2D eigenvalue weighted by Crippen LogP contribution is -2.56. The standard InChI is InChI=1S/C35H42N6O6/c1-19-14-23(42)15-20(2)25(19)17-26(36)35(46)41-12-6-10-29(41)34(45)39-28(16-22-18-38-27-9-5-4-8-24(22)27)33(44)40-31(21(3)32(37)43)30-11-7-13-47-30/h4-5,7-9,11,13-15,18,21,26,28-29,31,38,42H,6,10,12,16-17,36H2,1-3H3,(H2,37,43)(H,39,45)(H,40,44)/t21-,26+,28+,29+,31-/m1/s1. The molecule has 1 saturated heterocycles. The number of nitrogens with one attached hydrogen (secondary N) is 3. The van der Waals surface area contributed by atoms with Gasteiger partial charge in [-0.25, -0.2) is 0 Å². The number of phenols is 1. The van der Waals surface area contributed by atoms with Gasteiger partial charge in [-0.1, -0.05) is 25.1 Å². The highest BCUT2D eigenvalue weighted by Crippen LogP contribution is 2.26. The number of nitrogens with zero attached hydrogens (tertiary/aromatic N) is 1. The average Bonchev–Trinajstić information content (AvgIpc) is 3.82. The van der Waals surface area contributed by atoms with Crippen LogP contribution >= 0.6 is 0 Å². The highest BCUT2D eigenvalue weighted by molar-refractivity contribution is 5.94. The molecule has 5 atom stereocenters. The molecule has 3 heterocycles. The monoisotopic (exact) mass is 642 g/mol. The van der Waals surface area contributed by atoms with E-state index in [1.807, 2.05) is 38.1 Å². The van der Waals surface area contributed by atoms with E-state index in [9.17, 15) is 24.3 Å². The lowest BCUT2D eigenvalue weighted by Gasteiger charge is -2.29. The van der Waals surface area contributed by atoms with Crippen molar-refractivity contribution < 1.29 is 28.7 Å². The van der Waals surface area contributed by atoms with Crippen molar-refractivity contribution in [2.24, 2.45) is 17.4 Å². The van der Waals surface area contributed by atoms with Crippen LogP contribution in [0.3, 0.4) is 0 Å². The summed E-state index contributed by atoms with van der Waals surface area (Å²) < 4.78 is 5.52. The van der Waals surface area contributed by atoms with E-state index in [2.05, 4.69) is 15.6 Å². The second kappa shape index (κ2) is 14.1. The number of carbonyl (C=O) groups is 4. The van der Waals surface area contributed by atoms with E-state index in [1.165, 1.54) is 11.2 Å². The smallest absolute Gasteiger partial charge is 0.243 e. The molecule has 0 bridgehead atoms. The van der Waals surface area contributed by atoms with E-state index < -0.39 is 47.8 Å². The molecule has 4 aromatic rings. The number of hydrogen-bond donors (Lipinski definition) is 6. The van der Waals surface area contributed by atoms with Gasteiger partial charge in [-0.2, -0.15) is 0 Å². The summed E-state index contributed by atoms with van der Waals surface area (Å²) in [7, 11) is 0. The van der Waals surface area contributed by atoms with Crippen molar-refractivity contribution in [3.63, 3.8) is 0 Å². The first-order chi connectivity index (χ1) is 22.4. The first-order valence-electron chi connectivity index (χ1n) is 15.8. The van der Waals surface area contributed by atoms with Gasteiger partial charge in [-0.3, -0.25) is 19.2 Å². The van der Waals surface area contributed by atoms with Crippen molar-refractivity contribution in [1.29, 1.82) is 0 Å². The number of likely N-dealkylation sites (tertiary alicyclic amines) is 1. The Morgan fingerprint density at radius 3 is 2.47 bits per heavy atom. The van der Waals surface area contributed by atoms with Crippen LogP contribution in [-0.4, -0.2) is 63.3 Å². The first-order valence-corrected chi connectivity index (χ1v) is 15.8. The van der Waals surface area contributed by atoms with Crippen molar-refractivity contribution in [2.45, 2.75) is 70.6 Å². The Morgan fingerprint density at radius 1 is 1.06 bits per heavy atom. The number of fused-ring (bicyclic) bond motifs is 1. The Hall–Kier alpha value is -5.10. The molecule has 2 aromatic carbocycles. The van der Waals surface area contributed by atoms with Crippen LogP contribution in [0.15, 0.2) is 65.4 Å². The van der Waals surface area contributed by atoms with E-state index in [4.69, 9.17) is 15.9 Å². The molecule has 0 spiro atoms. The second-order valence-electron chi connectivity index (χ2n) is 12.4. The fourth-order valence-corrected chi connectivity index (χ4v) is 6.44. The minimum atomic E-state index is -1.06. The topological polar surface area (TPSA) is 197 Å². The quantitative estimate of drug-likeness (QED) is 0.137. The van der Waals surface area contributed by atoms with Crippen LogP contribution in [-0.2, 0) is 32.0 Å². The Kier molecular flexibility index (Phi) is 10.00. The van der Waals surface area contributed by atoms with Gasteiger partial charge < -0.3 is 41.5 Å². The minimum Gasteiger partial charge on any atom is -0.508 e. The van der Waals surface area contributed by atoms with E-state index in [0.29, 0.717) is 25.1 Å². The number of aromatic amines is 1. The molecule has 4 amide bonds. The molecule has 0 unspecified atom stereocenters. The molecule has 248 valence electrons. The Balaban J connectivity index is 1.37. The van der Waals surface area contributed by atoms with Gasteiger partial charge in [0.25, 0.3) is 0 Å². The number of para-hydroxylation sites is 1. The summed E-state index contributed by atoms with van der Waals surface area (Å²) in [5.41, 5.74) is 16.2. The van der Waals surface area contributed by atoms with Gasteiger partial charge in [-0.05, 0) is 85.7 Å². The molecule has 12 heteroatoms. The fraction of sp³-hybridized carbons (Fsp3) is 0.371. The summed E-state index contributed by atoms with van der Waals surface area (Å²) >= 11 is 0. The van der Waals surface area contributed by atoms with Crippen molar-refractivity contribution in [3.05, 3.63) is 89.0 Å². The molecule has 1 aliphatic rings. The number of furan rings is 1. The molecule has 2 aromatic heterocycles. The maximum atomic E-state index is 14.0. The number of amides is 4. The van der Waals surface area contributed by atoms with Crippen molar-refractivity contribution >= 4 is 34.5 Å². The summed E-state index contributed by atoms with van der Waals surface area (Å²) in [6.45, 7) is 5.65. The highest BCUT2D eigenvalue weighted by Gasteiger charge is 2.39. The van der Waals surface area contributed by atoms with E-state index in [-0.39, 0.29) is 24.5 Å². The summed E-state index contributed by atoms with van der Waals surface area (Å²) in [6.07, 6.45) is 4.63. The molecule has 5 rings (SSSR count). The van der Waals surface area contributed by atoms with Crippen molar-refractivity contribution in [3.8, 4) is 5.75 Å². The molecule has 1 aliphatic heterocycles. The Morgan fingerprint density at radius 2 is 1.79 bits per heavy atom. The zero-order chi connectivity index (χ0) is 33.8. The Bertz CT molecular complexity index is 1740. The number of aromatic hydroxyl groups is 1. The number of aromatic nitrogens is 1. The zero-order valence-corrected chi connectivity index (χ0v) is 26.8. The SMILES string of the molecule is Cc1cc(O)cc(C)c1C[C@H](N)C(=O)N1CCC[C@H]1C(=O)N[C@@H](Cc1c[nH]c2ccccc12)C(=O)N[C@@H](c1ccco1)[C@@H](C)C(N)=O. The van der Waals surface area contributed by atoms with Gasteiger partial charge in [0.05, 0.1) is 24.3 Å². The van der Waals surface area contributed by atoms with Gasteiger partial charge >= 0.3 is 0 Å². The third-order valence-corrected chi connectivity index (χ3v) is 9.09. The van der Waals surface area contributed by atoms with Crippen molar-refractivity contribution in [1.82, 2.24) is 20.5 Å². The van der Waals surface area contributed by atoms with Crippen LogP contribution in [0, 0.1) is 19.8 Å². The molecule has 8 N–H and O–H groups in total. The molecule has 12 nitrogen and oxygen atoms in total. The normalized spacial score (nSPS) is 17.2.